The quantitative estimate of drug-likeness (QED) is 0.797. The van der Waals surface area contributed by atoms with Crippen LogP contribution in [0.15, 0.2) is 45.5 Å². The fourth-order valence-electron chi connectivity index (χ4n) is 2.19. The second-order valence-corrected chi connectivity index (χ2v) is 4.57. The Labute approximate surface area is 119 Å². The standard InChI is InChI=1S/C15H12F2N2O2/c16-9-3-5-11(12(17)8-9)14-13(19-21-15(14)18)6-4-10-2-1-7-20-10/h1-3,5,7-8H,4,6,18H2. The number of halogens is 2. The van der Waals surface area contributed by atoms with Gasteiger partial charge in [-0.25, -0.2) is 8.78 Å². The van der Waals surface area contributed by atoms with E-state index in [-0.39, 0.29) is 11.4 Å². The van der Waals surface area contributed by atoms with Crippen LogP contribution in [0.1, 0.15) is 11.5 Å². The Morgan fingerprint density at radius 2 is 2.00 bits per heavy atom. The maximum Gasteiger partial charge on any atom is 0.230 e. The van der Waals surface area contributed by atoms with Crippen LogP contribution in [0.2, 0.25) is 0 Å². The van der Waals surface area contributed by atoms with Crippen LogP contribution in [0.25, 0.3) is 11.1 Å². The SMILES string of the molecule is Nc1onc(CCc2ccco2)c1-c1ccc(F)cc1F. The van der Waals surface area contributed by atoms with Gasteiger partial charge in [-0.15, -0.1) is 0 Å². The fraction of sp³-hybridized carbons (Fsp3) is 0.133. The van der Waals surface area contributed by atoms with Gasteiger partial charge in [0.2, 0.25) is 5.88 Å². The highest BCUT2D eigenvalue weighted by Crippen LogP contribution is 2.32. The molecule has 0 amide bonds. The van der Waals surface area contributed by atoms with Crippen LogP contribution >= 0.6 is 0 Å². The van der Waals surface area contributed by atoms with Gasteiger partial charge < -0.3 is 14.7 Å². The molecule has 4 nitrogen and oxygen atoms in total. The highest BCUT2D eigenvalue weighted by atomic mass is 19.1. The highest BCUT2D eigenvalue weighted by molar-refractivity contribution is 5.75. The Hall–Kier alpha value is -2.63. The van der Waals surface area contributed by atoms with Gasteiger partial charge in [0.25, 0.3) is 0 Å². The van der Waals surface area contributed by atoms with Gasteiger partial charge in [-0.2, -0.15) is 0 Å². The molecular weight excluding hydrogens is 278 g/mol. The smallest absolute Gasteiger partial charge is 0.230 e. The number of benzene rings is 1. The van der Waals surface area contributed by atoms with Crippen molar-refractivity contribution in [3.8, 4) is 11.1 Å². The number of aryl methyl sites for hydroxylation is 2. The van der Waals surface area contributed by atoms with E-state index in [1.807, 2.05) is 6.07 Å². The zero-order valence-corrected chi connectivity index (χ0v) is 11.0. The number of nitrogens with zero attached hydrogens (tertiary/aromatic N) is 1. The van der Waals surface area contributed by atoms with Gasteiger partial charge >= 0.3 is 0 Å². The zero-order chi connectivity index (χ0) is 14.8. The van der Waals surface area contributed by atoms with Gasteiger partial charge in [-0.1, -0.05) is 5.16 Å². The van der Waals surface area contributed by atoms with Crippen molar-refractivity contribution in [2.75, 3.05) is 5.73 Å². The van der Waals surface area contributed by atoms with Crippen molar-refractivity contribution in [3.63, 3.8) is 0 Å². The maximum atomic E-state index is 13.9. The van der Waals surface area contributed by atoms with Crippen molar-refractivity contribution in [2.45, 2.75) is 12.8 Å². The van der Waals surface area contributed by atoms with Crippen molar-refractivity contribution in [1.29, 1.82) is 0 Å². The van der Waals surface area contributed by atoms with Crippen molar-refractivity contribution < 1.29 is 17.7 Å². The molecule has 0 fully saturated rings. The first kappa shape index (κ1) is 13.4. The molecule has 21 heavy (non-hydrogen) atoms. The normalized spacial score (nSPS) is 11.0. The van der Waals surface area contributed by atoms with Gasteiger partial charge in [-0.05, 0) is 24.3 Å². The van der Waals surface area contributed by atoms with E-state index in [2.05, 4.69) is 5.16 Å². The van der Waals surface area contributed by atoms with Crippen molar-refractivity contribution in [3.05, 3.63) is 59.7 Å². The second-order valence-electron chi connectivity index (χ2n) is 4.57. The van der Waals surface area contributed by atoms with Crippen molar-refractivity contribution in [2.24, 2.45) is 0 Å². The minimum absolute atomic E-state index is 0.00922. The van der Waals surface area contributed by atoms with Crippen LogP contribution in [-0.2, 0) is 12.8 Å². The molecule has 0 aliphatic heterocycles. The molecule has 108 valence electrons. The highest BCUT2D eigenvalue weighted by Gasteiger charge is 2.19. The first-order chi connectivity index (χ1) is 10.1. The molecule has 0 spiro atoms. The molecule has 0 atom stereocenters. The summed E-state index contributed by atoms with van der Waals surface area (Å²) < 4.78 is 37.1. The van der Waals surface area contributed by atoms with E-state index < -0.39 is 11.6 Å². The summed E-state index contributed by atoms with van der Waals surface area (Å²) in [5.41, 5.74) is 6.76. The summed E-state index contributed by atoms with van der Waals surface area (Å²) in [6.45, 7) is 0. The Morgan fingerprint density at radius 3 is 2.71 bits per heavy atom. The summed E-state index contributed by atoms with van der Waals surface area (Å²) in [4.78, 5) is 0. The molecule has 0 saturated carbocycles. The first-order valence-electron chi connectivity index (χ1n) is 6.37. The Kier molecular flexibility index (Phi) is 3.43. The average molecular weight is 290 g/mol. The van der Waals surface area contributed by atoms with Gasteiger partial charge in [0.15, 0.2) is 0 Å². The van der Waals surface area contributed by atoms with Crippen LogP contribution in [0.3, 0.4) is 0 Å². The molecule has 0 unspecified atom stereocenters. The van der Waals surface area contributed by atoms with E-state index in [4.69, 9.17) is 14.7 Å². The van der Waals surface area contributed by atoms with Crippen molar-refractivity contribution >= 4 is 5.88 Å². The molecule has 2 aromatic heterocycles. The second kappa shape index (κ2) is 5.40. The van der Waals surface area contributed by atoms with Gasteiger partial charge in [0, 0.05) is 24.5 Å². The number of furan rings is 1. The van der Waals surface area contributed by atoms with Gasteiger partial charge in [0.05, 0.1) is 17.5 Å². The van der Waals surface area contributed by atoms with Crippen LogP contribution in [0.4, 0.5) is 14.7 Å². The molecule has 0 radical (unpaired) electrons. The summed E-state index contributed by atoms with van der Waals surface area (Å²) >= 11 is 0. The fourth-order valence-corrected chi connectivity index (χ4v) is 2.19. The summed E-state index contributed by atoms with van der Waals surface area (Å²) in [6, 6.07) is 6.91. The monoisotopic (exact) mass is 290 g/mol. The molecular formula is C15H12F2N2O2. The largest absolute Gasteiger partial charge is 0.469 e. The Bertz CT molecular complexity index is 751. The number of hydrogen-bond acceptors (Lipinski definition) is 4. The minimum atomic E-state index is -0.704. The molecule has 1 aromatic carbocycles. The van der Waals surface area contributed by atoms with E-state index >= 15 is 0 Å². The number of aromatic nitrogens is 1. The molecule has 0 aliphatic carbocycles. The van der Waals surface area contributed by atoms with Crippen molar-refractivity contribution in [1.82, 2.24) is 5.16 Å². The molecule has 0 aliphatic rings. The van der Waals surface area contributed by atoms with Gasteiger partial charge in [0.1, 0.15) is 17.4 Å². The third-order valence-corrected chi connectivity index (χ3v) is 3.18. The maximum absolute atomic E-state index is 13.9. The number of anilines is 1. The molecule has 3 rings (SSSR count). The molecule has 0 saturated heterocycles. The van der Waals surface area contributed by atoms with Crippen LogP contribution in [0.5, 0.6) is 0 Å². The number of nitrogens with two attached hydrogens (primary N) is 1. The summed E-state index contributed by atoms with van der Waals surface area (Å²) in [5, 5.41) is 3.85. The summed E-state index contributed by atoms with van der Waals surface area (Å²) in [7, 11) is 0. The summed E-state index contributed by atoms with van der Waals surface area (Å²) in [5.74, 6) is -0.565. The summed E-state index contributed by atoms with van der Waals surface area (Å²) in [6.07, 6.45) is 2.63. The molecule has 6 heteroatoms. The number of nitrogen functional groups attached to an aromatic ring is 1. The predicted octanol–water partition coefficient (Wildman–Crippen LogP) is 3.58. The predicted molar refractivity (Wildman–Crippen MR) is 72.4 cm³/mol. The van der Waals surface area contributed by atoms with Gasteiger partial charge in [-0.3, -0.25) is 0 Å². The lowest BCUT2D eigenvalue weighted by Gasteiger charge is -2.04. The third-order valence-electron chi connectivity index (χ3n) is 3.18. The average Bonchev–Trinajstić information content (AvgIpc) is 3.07. The Balaban J connectivity index is 1.93. The van der Waals surface area contributed by atoms with Crippen LogP contribution in [-0.4, -0.2) is 5.16 Å². The van der Waals surface area contributed by atoms with Crippen LogP contribution < -0.4 is 5.73 Å². The van der Waals surface area contributed by atoms with E-state index in [1.165, 1.54) is 12.1 Å². The molecule has 0 bridgehead atoms. The van der Waals surface area contributed by atoms with E-state index in [9.17, 15) is 8.78 Å². The third kappa shape index (κ3) is 2.65. The van der Waals surface area contributed by atoms with Crippen LogP contribution in [0, 0.1) is 11.6 Å². The van der Waals surface area contributed by atoms with E-state index in [1.54, 1.807) is 12.3 Å². The number of rotatable bonds is 4. The topological polar surface area (TPSA) is 65.2 Å². The lowest BCUT2D eigenvalue weighted by atomic mass is 10.0. The first-order valence-corrected chi connectivity index (χ1v) is 6.37. The zero-order valence-electron chi connectivity index (χ0n) is 11.0. The lowest BCUT2D eigenvalue weighted by Crippen LogP contribution is -1.96. The number of hydrogen-bond donors (Lipinski definition) is 1. The molecule has 3 aromatic rings. The lowest BCUT2D eigenvalue weighted by molar-refractivity contribution is 0.425. The molecule has 2 heterocycles. The van der Waals surface area contributed by atoms with E-state index in [0.29, 0.717) is 24.1 Å². The van der Waals surface area contributed by atoms with E-state index in [0.717, 1.165) is 11.8 Å². The Morgan fingerprint density at radius 1 is 1.14 bits per heavy atom. The molecule has 2 N–H and O–H groups in total. The minimum Gasteiger partial charge on any atom is -0.469 e.